The highest BCUT2D eigenvalue weighted by molar-refractivity contribution is 9.10. The minimum Gasteiger partial charge on any atom is -0.384 e. The molecule has 0 bridgehead atoms. The van der Waals surface area contributed by atoms with Crippen LogP contribution in [0.25, 0.3) is 0 Å². The van der Waals surface area contributed by atoms with Gasteiger partial charge in [0.2, 0.25) is 0 Å². The molecule has 1 aromatic carbocycles. The number of carbonyl (C=O) groups is 1. The Kier molecular flexibility index (Phi) is 5.30. The maximum Gasteiger partial charge on any atom is 0.177 e. The number of carbonyl (C=O) groups excluding carboxylic acids is 1. The first-order valence-corrected chi connectivity index (χ1v) is 7.54. The summed E-state index contributed by atoms with van der Waals surface area (Å²) in [6.45, 7) is 0.105. The standard InChI is InChI=1S/C11H13BrO4S/c1-16-5-6-17(14,15)8-11(13)9-3-2-4-10(12)7-9/h2-4,7H,5-6,8H2,1H3. The Morgan fingerprint density at radius 3 is 2.71 bits per heavy atom. The van der Waals surface area contributed by atoms with Gasteiger partial charge in [0.25, 0.3) is 0 Å². The van der Waals surface area contributed by atoms with Crippen LogP contribution in [-0.4, -0.2) is 39.4 Å². The van der Waals surface area contributed by atoms with Gasteiger partial charge >= 0.3 is 0 Å². The third kappa shape index (κ3) is 4.97. The summed E-state index contributed by atoms with van der Waals surface area (Å²) in [7, 11) is -1.97. The zero-order valence-corrected chi connectivity index (χ0v) is 11.8. The fourth-order valence-corrected chi connectivity index (χ4v) is 2.76. The number of halogens is 1. The van der Waals surface area contributed by atoms with Crippen molar-refractivity contribution in [2.45, 2.75) is 0 Å². The van der Waals surface area contributed by atoms with Crippen LogP contribution in [0.3, 0.4) is 0 Å². The van der Waals surface area contributed by atoms with Gasteiger partial charge in [0.1, 0.15) is 5.75 Å². The second kappa shape index (κ2) is 6.28. The van der Waals surface area contributed by atoms with Gasteiger partial charge in [-0.2, -0.15) is 0 Å². The Hall–Kier alpha value is -0.720. The van der Waals surface area contributed by atoms with Crippen LogP contribution in [0.4, 0.5) is 0 Å². The minimum absolute atomic E-state index is 0.105. The second-order valence-electron chi connectivity index (χ2n) is 3.52. The van der Waals surface area contributed by atoms with Crippen molar-refractivity contribution in [3.05, 3.63) is 34.3 Å². The molecule has 0 aliphatic heterocycles. The molecule has 0 heterocycles. The van der Waals surface area contributed by atoms with Gasteiger partial charge < -0.3 is 4.74 Å². The number of ketones is 1. The summed E-state index contributed by atoms with van der Waals surface area (Å²) in [6.07, 6.45) is 0. The average molecular weight is 321 g/mol. The molecule has 0 aliphatic rings. The zero-order chi connectivity index (χ0) is 12.9. The van der Waals surface area contributed by atoms with E-state index in [0.717, 1.165) is 4.47 Å². The maximum absolute atomic E-state index is 11.7. The highest BCUT2D eigenvalue weighted by Crippen LogP contribution is 2.12. The Morgan fingerprint density at radius 1 is 1.41 bits per heavy atom. The van der Waals surface area contributed by atoms with Crippen LogP contribution in [0.5, 0.6) is 0 Å². The van der Waals surface area contributed by atoms with Gasteiger partial charge in [0, 0.05) is 17.1 Å². The van der Waals surface area contributed by atoms with Crippen molar-refractivity contribution in [3.8, 4) is 0 Å². The van der Waals surface area contributed by atoms with Crippen molar-refractivity contribution in [2.75, 3.05) is 25.2 Å². The molecular formula is C11H13BrO4S. The number of rotatable bonds is 6. The first-order valence-electron chi connectivity index (χ1n) is 4.93. The number of ether oxygens (including phenoxy) is 1. The van der Waals surface area contributed by atoms with Gasteiger partial charge in [-0.3, -0.25) is 4.79 Å². The molecule has 0 fully saturated rings. The summed E-state index contributed by atoms with van der Waals surface area (Å²) in [4.78, 5) is 11.7. The number of hydrogen-bond donors (Lipinski definition) is 0. The molecule has 0 saturated carbocycles. The van der Waals surface area contributed by atoms with Crippen LogP contribution >= 0.6 is 15.9 Å². The average Bonchev–Trinajstić information content (AvgIpc) is 2.26. The molecule has 0 spiro atoms. The third-order valence-electron chi connectivity index (χ3n) is 2.10. The Morgan fingerprint density at radius 2 is 2.12 bits per heavy atom. The summed E-state index contributed by atoms with van der Waals surface area (Å²) in [5.74, 6) is -1.02. The molecule has 0 atom stereocenters. The molecule has 1 rings (SSSR count). The lowest BCUT2D eigenvalue weighted by Crippen LogP contribution is -2.21. The van der Waals surface area contributed by atoms with E-state index in [2.05, 4.69) is 20.7 Å². The molecule has 17 heavy (non-hydrogen) atoms. The maximum atomic E-state index is 11.7. The summed E-state index contributed by atoms with van der Waals surface area (Å²) in [6, 6.07) is 6.67. The van der Waals surface area contributed by atoms with Crippen molar-refractivity contribution in [3.63, 3.8) is 0 Å². The number of Topliss-reactive ketones (excluding diaryl/α,β-unsaturated/α-hetero) is 1. The SMILES string of the molecule is COCCS(=O)(=O)CC(=O)c1cccc(Br)c1. The van der Waals surface area contributed by atoms with Crippen molar-refractivity contribution < 1.29 is 17.9 Å². The Balaban J connectivity index is 2.73. The first kappa shape index (κ1) is 14.3. The molecule has 0 amide bonds. The van der Waals surface area contributed by atoms with Crippen LogP contribution in [0.15, 0.2) is 28.7 Å². The van der Waals surface area contributed by atoms with E-state index >= 15 is 0 Å². The van der Waals surface area contributed by atoms with E-state index < -0.39 is 21.4 Å². The van der Waals surface area contributed by atoms with E-state index in [0.29, 0.717) is 5.56 Å². The zero-order valence-electron chi connectivity index (χ0n) is 9.35. The highest BCUT2D eigenvalue weighted by Gasteiger charge is 2.17. The Labute approximate surface area is 109 Å². The molecule has 0 aliphatic carbocycles. The van der Waals surface area contributed by atoms with E-state index in [4.69, 9.17) is 0 Å². The smallest absolute Gasteiger partial charge is 0.177 e. The largest absolute Gasteiger partial charge is 0.384 e. The van der Waals surface area contributed by atoms with E-state index in [-0.39, 0.29) is 12.4 Å². The van der Waals surface area contributed by atoms with Crippen LogP contribution in [0.1, 0.15) is 10.4 Å². The van der Waals surface area contributed by atoms with Crippen molar-refractivity contribution in [1.82, 2.24) is 0 Å². The summed E-state index contributed by atoms with van der Waals surface area (Å²) < 4.78 is 28.5. The molecule has 0 aromatic heterocycles. The topological polar surface area (TPSA) is 60.4 Å². The van der Waals surface area contributed by atoms with E-state index in [9.17, 15) is 13.2 Å². The normalized spacial score (nSPS) is 11.4. The van der Waals surface area contributed by atoms with Gasteiger partial charge in [-0.15, -0.1) is 0 Å². The predicted molar refractivity (Wildman–Crippen MR) is 69.0 cm³/mol. The predicted octanol–water partition coefficient (Wildman–Crippen LogP) is 1.69. The lowest BCUT2D eigenvalue weighted by molar-refractivity contribution is 0.102. The van der Waals surface area contributed by atoms with Crippen LogP contribution < -0.4 is 0 Å². The molecule has 0 radical (unpaired) electrons. The molecule has 94 valence electrons. The number of hydrogen-bond acceptors (Lipinski definition) is 4. The van der Waals surface area contributed by atoms with Crippen molar-refractivity contribution >= 4 is 31.6 Å². The van der Waals surface area contributed by atoms with Gasteiger partial charge in [0.15, 0.2) is 15.6 Å². The van der Waals surface area contributed by atoms with Crippen molar-refractivity contribution in [2.24, 2.45) is 0 Å². The van der Waals surface area contributed by atoms with Gasteiger partial charge in [0.05, 0.1) is 12.4 Å². The first-order chi connectivity index (χ1) is 7.94. The van der Waals surface area contributed by atoms with E-state index in [1.165, 1.54) is 7.11 Å². The molecule has 0 unspecified atom stereocenters. The van der Waals surface area contributed by atoms with Crippen molar-refractivity contribution in [1.29, 1.82) is 0 Å². The molecular weight excluding hydrogens is 308 g/mol. The fourth-order valence-electron chi connectivity index (χ4n) is 1.23. The van der Waals surface area contributed by atoms with Crippen LogP contribution in [0, 0.1) is 0 Å². The highest BCUT2D eigenvalue weighted by atomic mass is 79.9. The Bertz CT molecular complexity index is 496. The van der Waals surface area contributed by atoms with E-state index in [1.807, 2.05) is 0 Å². The third-order valence-corrected chi connectivity index (χ3v) is 4.08. The molecule has 1 aromatic rings. The molecule has 6 heteroatoms. The number of benzene rings is 1. The number of sulfone groups is 1. The van der Waals surface area contributed by atoms with Gasteiger partial charge in [-0.25, -0.2) is 8.42 Å². The fraction of sp³-hybridized carbons (Fsp3) is 0.364. The summed E-state index contributed by atoms with van der Waals surface area (Å²) in [5, 5.41) is 0. The molecule has 0 N–H and O–H groups in total. The van der Waals surface area contributed by atoms with Crippen LogP contribution in [0.2, 0.25) is 0 Å². The lowest BCUT2D eigenvalue weighted by Gasteiger charge is -2.03. The van der Waals surface area contributed by atoms with Crippen LogP contribution in [-0.2, 0) is 14.6 Å². The quantitative estimate of drug-likeness (QED) is 0.748. The molecule has 0 saturated heterocycles. The molecule has 4 nitrogen and oxygen atoms in total. The van der Waals surface area contributed by atoms with E-state index in [1.54, 1.807) is 24.3 Å². The lowest BCUT2D eigenvalue weighted by atomic mass is 10.2. The minimum atomic E-state index is -3.39. The summed E-state index contributed by atoms with van der Waals surface area (Å²) >= 11 is 3.23. The second-order valence-corrected chi connectivity index (χ2v) is 6.62. The number of methoxy groups -OCH3 is 1. The van der Waals surface area contributed by atoms with Gasteiger partial charge in [-0.1, -0.05) is 28.1 Å². The summed E-state index contributed by atoms with van der Waals surface area (Å²) in [5.41, 5.74) is 0.389. The van der Waals surface area contributed by atoms with Gasteiger partial charge in [-0.05, 0) is 12.1 Å². The monoisotopic (exact) mass is 320 g/mol.